The lowest BCUT2D eigenvalue weighted by Crippen LogP contribution is -2.35. The summed E-state index contributed by atoms with van der Waals surface area (Å²) in [5.74, 6) is -3.74. The van der Waals surface area contributed by atoms with Crippen LogP contribution in [-0.4, -0.2) is 17.9 Å². The molecule has 19 heavy (non-hydrogen) atoms. The molecule has 0 aliphatic rings. The van der Waals surface area contributed by atoms with E-state index >= 15 is 0 Å². The molecule has 1 atom stereocenters. The SMILES string of the molecule is CCC[C@@H](N)C(=O)Nc1cc(C(N)=O)c(F)cc1F. The van der Waals surface area contributed by atoms with Gasteiger partial charge in [-0.25, -0.2) is 8.78 Å². The van der Waals surface area contributed by atoms with Crippen LogP contribution in [0.15, 0.2) is 12.1 Å². The number of rotatable bonds is 5. The van der Waals surface area contributed by atoms with Crippen molar-refractivity contribution in [3.63, 3.8) is 0 Å². The molecule has 2 amide bonds. The molecule has 5 N–H and O–H groups in total. The molecule has 0 aliphatic carbocycles. The van der Waals surface area contributed by atoms with Gasteiger partial charge in [-0.2, -0.15) is 0 Å². The molecule has 1 rings (SSSR count). The Bertz CT molecular complexity index is 506. The monoisotopic (exact) mass is 271 g/mol. The average molecular weight is 271 g/mol. The Labute approximate surface area is 109 Å². The third-order valence-corrected chi connectivity index (χ3v) is 2.52. The van der Waals surface area contributed by atoms with Crippen LogP contribution in [0.25, 0.3) is 0 Å². The molecular weight excluding hydrogens is 256 g/mol. The second-order valence-corrected chi connectivity index (χ2v) is 4.06. The number of hydrogen-bond acceptors (Lipinski definition) is 3. The molecule has 0 unspecified atom stereocenters. The number of hydrogen-bond donors (Lipinski definition) is 3. The zero-order valence-electron chi connectivity index (χ0n) is 10.4. The van der Waals surface area contributed by atoms with Crippen molar-refractivity contribution in [3.05, 3.63) is 29.3 Å². The van der Waals surface area contributed by atoms with E-state index in [1.54, 1.807) is 0 Å². The fraction of sp³-hybridized carbons (Fsp3) is 0.333. The van der Waals surface area contributed by atoms with E-state index in [4.69, 9.17) is 11.5 Å². The van der Waals surface area contributed by atoms with Crippen molar-refractivity contribution in [2.24, 2.45) is 11.5 Å². The lowest BCUT2D eigenvalue weighted by atomic mass is 10.1. The molecule has 5 nitrogen and oxygen atoms in total. The van der Waals surface area contributed by atoms with E-state index in [-0.39, 0.29) is 5.69 Å². The molecule has 1 aromatic rings. The Kier molecular flexibility index (Phi) is 4.94. The maximum absolute atomic E-state index is 13.5. The normalized spacial score (nSPS) is 12.0. The van der Waals surface area contributed by atoms with Crippen molar-refractivity contribution in [2.45, 2.75) is 25.8 Å². The van der Waals surface area contributed by atoms with Crippen LogP contribution in [-0.2, 0) is 4.79 Å². The van der Waals surface area contributed by atoms with Gasteiger partial charge >= 0.3 is 0 Å². The minimum atomic E-state index is -1.08. The van der Waals surface area contributed by atoms with E-state index in [1.807, 2.05) is 6.92 Å². The predicted octanol–water partition coefficient (Wildman–Crippen LogP) is 1.13. The van der Waals surface area contributed by atoms with Gasteiger partial charge < -0.3 is 16.8 Å². The highest BCUT2D eigenvalue weighted by Crippen LogP contribution is 2.19. The van der Waals surface area contributed by atoms with Crippen LogP contribution >= 0.6 is 0 Å². The molecular formula is C12H15F2N3O2. The number of nitrogens with two attached hydrogens (primary N) is 2. The van der Waals surface area contributed by atoms with Crippen molar-refractivity contribution >= 4 is 17.5 Å². The van der Waals surface area contributed by atoms with Crippen LogP contribution in [0.1, 0.15) is 30.1 Å². The molecule has 7 heteroatoms. The first-order valence-corrected chi connectivity index (χ1v) is 5.72. The number of halogens is 2. The van der Waals surface area contributed by atoms with Crippen molar-refractivity contribution in [1.82, 2.24) is 0 Å². The summed E-state index contributed by atoms with van der Waals surface area (Å²) in [6.45, 7) is 1.84. The third-order valence-electron chi connectivity index (χ3n) is 2.52. The van der Waals surface area contributed by atoms with E-state index in [9.17, 15) is 18.4 Å². The molecule has 0 saturated heterocycles. The van der Waals surface area contributed by atoms with Gasteiger partial charge in [-0.3, -0.25) is 9.59 Å². The molecule has 104 valence electrons. The summed E-state index contributed by atoms with van der Waals surface area (Å²) in [5.41, 5.74) is 9.66. The fourth-order valence-corrected chi connectivity index (χ4v) is 1.50. The highest BCUT2D eigenvalue weighted by molar-refractivity contribution is 5.98. The first kappa shape index (κ1) is 15.0. The van der Waals surface area contributed by atoms with E-state index < -0.39 is 35.1 Å². The molecule has 0 heterocycles. The topological polar surface area (TPSA) is 98.2 Å². The van der Waals surface area contributed by atoms with Gasteiger partial charge in [-0.05, 0) is 12.5 Å². The van der Waals surface area contributed by atoms with E-state index in [2.05, 4.69) is 5.32 Å². The van der Waals surface area contributed by atoms with Crippen LogP contribution in [0.4, 0.5) is 14.5 Å². The summed E-state index contributed by atoms with van der Waals surface area (Å²) < 4.78 is 26.7. The maximum Gasteiger partial charge on any atom is 0.251 e. The van der Waals surface area contributed by atoms with Gasteiger partial charge in [0.25, 0.3) is 5.91 Å². The molecule has 0 fully saturated rings. The van der Waals surface area contributed by atoms with Gasteiger partial charge in [0.05, 0.1) is 17.3 Å². The van der Waals surface area contributed by atoms with Crippen molar-refractivity contribution in [1.29, 1.82) is 0 Å². The average Bonchev–Trinajstić information content (AvgIpc) is 2.32. The van der Waals surface area contributed by atoms with Crippen LogP contribution in [0.2, 0.25) is 0 Å². The number of carbonyl (C=O) groups is 2. The summed E-state index contributed by atoms with van der Waals surface area (Å²) in [6, 6.07) is 0.538. The Morgan fingerprint density at radius 1 is 1.32 bits per heavy atom. The van der Waals surface area contributed by atoms with E-state index in [1.165, 1.54) is 0 Å². The van der Waals surface area contributed by atoms with Gasteiger partial charge in [0.15, 0.2) is 0 Å². The van der Waals surface area contributed by atoms with Gasteiger partial charge in [0, 0.05) is 6.07 Å². The minimum absolute atomic E-state index is 0.327. The lowest BCUT2D eigenvalue weighted by Gasteiger charge is -2.12. The molecule has 1 aromatic carbocycles. The molecule has 0 radical (unpaired) electrons. The quantitative estimate of drug-likeness (QED) is 0.748. The van der Waals surface area contributed by atoms with Crippen LogP contribution < -0.4 is 16.8 Å². The molecule has 0 aromatic heterocycles. The number of amides is 2. The maximum atomic E-state index is 13.5. The molecule has 0 aliphatic heterocycles. The zero-order valence-corrected chi connectivity index (χ0v) is 10.4. The summed E-state index contributed by atoms with van der Waals surface area (Å²) >= 11 is 0. The predicted molar refractivity (Wildman–Crippen MR) is 66.4 cm³/mol. The minimum Gasteiger partial charge on any atom is -0.366 e. The Hall–Kier alpha value is -2.02. The Morgan fingerprint density at radius 2 is 1.95 bits per heavy atom. The van der Waals surface area contributed by atoms with Crippen LogP contribution in [0.5, 0.6) is 0 Å². The van der Waals surface area contributed by atoms with Gasteiger partial charge in [-0.15, -0.1) is 0 Å². The highest BCUT2D eigenvalue weighted by Gasteiger charge is 2.18. The van der Waals surface area contributed by atoms with E-state index in [0.717, 1.165) is 6.07 Å². The standard InChI is InChI=1S/C12H15F2N3O2/c1-2-3-9(15)12(19)17-10-4-6(11(16)18)7(13)5-8(10)14/h4-5,9H,2-3,15H2,1H3,(H2,16,18)(H,17,19)/t9-/m1/s1. The largest absolute Gasteiger partial charge is 0.366 e. The lowest BCUT2D eigenvalue weighted by molar-refractivity contribution is -0.117. The van der Waals surface area contributed by atoms with Gasteiger partial charge in [-0.1, -0.05) is 13.3 Å². The number of primary amides is 1. The Balaban J connectivity index is 2.98. The van der Waals surface area contributed by atoms with Crippen LogP contribution in [0.3, 0.4) is 0 Å². The first-order valence-electron chi connectivity index (χ1n) is 5.72. The number of benzene rings is 1. The third kappa shape index (κ3) is 3.72. The molecule has 0 spiro atoms. The summed E-state index contributed by atoms with van der Waals surface area (Å²) in [6.07, 6.45) is 1.12. The van der Waals surface area contributed by atoms with Crippen molar-refractivity contribution < 1.29 is 18.4 Å². The Morgan fingerprint density at radius 3 is 2.47 bits per heavy atom. The molecule has 0 saturated carbocycles. The van der Waals surface area contributed by atoms with Crippen LogP contribution in [0, 0.1) is 11.6 Å². The van der Waals surface area contributed by atoms with Gasteiger partial charge in [0.2, 0.25) is 5.91 Å². The second kappa shape index (κ2) is 6.24. The number of nitrogens with one attached hydrogen (secondary N) is 1. The fourth-order valence-electron chi connectivity index (χ4n) is 1.50. The smallest absolute Gasteiger partial charge is 0.251 e. The first-order chi connectivity index (χ1) is 8.86. The van der Waals surface area contributed by atoms with E-state index in [0.29, 0.717) is 18.9 Å². The highest BCUT2D eigenvalue weighted by atomic mass is 19.1. The second-order valence-electron chi connectivity index (χ2n) is 4.06. The number of carbonyl (C=O) groups excluding carboxylic acids is 2. The summed E-state index contributed by atoms with van der Waals surface area (Å²) in [7, 11) is 0. The molecule has 0 bridgehead atoms. The van der Waals surface area contributed by atoms with Gasteiger partial charge in [0.1, 0.15) is 11.6 Å². The van der Waals surface area contributed by atoms with Crippen molar-refractivity contribution in [2.75, 3.05) is 5.32 Å². The zero-order chi connectivity index (χ0) is 14.6. The number of anilines is 1. The summed E-state index contributed by atoms with van der Waals surface area (Å²) in [4.78, 5) is 22.5. The summed E-state index contributed by atoms with van der Waals surface area (Å²) in [5, 5.41) is 2.20. The van der Waals surface area contributed by atoms with Crippen molar-refractivity contribution in [3.8, 4) is 0 Å².